The molecule has 0 radical (unpaired) electrons. The van der Waals surface area contributed by atoms with Crippen LogP contribution in [0.4, 0.5) is 17.6 Å². The van der Waals surface area contributed by atoms with Crippen LogP contribution in [0, 0.1) is 17.7 Å². The lowest BCUT2D eigenvalue weighted by Gasteiger charge is -2.32. The molecule has 1 aromatic carbocycles. The second-order valence-electron chi connectivity index (χ2n) is 4.88. The predicted molar refractivity (Wildman–Crippen MR) is 62.2 cm³/mol. The zero-order chi connectivity index (χ0) is 14.0. The Kier molecular flexibility index (Phi) is 3.92. The first kappa shape index (κ1) is 14.0. The quantitative estimate of drug-likeness (QED) is 0.578. The van der Waals surface area contributed by atoms with Crippen LogP contribution in [-0.2, 0) is 0 Å². The predicted octanol–water partition coefficient (Wildman–Crippen LogP) is 4.38. The zero-order valence-electron chi connectivity index (χ0n) is 10.2. The van der Waals surface area contributed by atoms with E-state index < -0.39 is 29.6 Å². The van der Waals surface area contributed by atoms with Crippen LogP contribution in [0.1, 0.15) is 36.0 Å². The van der Waals surface area contributed by atoms with Gasteiger partial charge >= 0.3 is 6.18 Å². The summed E-state index contributed by atoms with van der Waals surface area (Å²) in [5.74, 6) is -4.27. The minimum absolute atomic E-state index is 0.0473. The van der Waals surface area contributed by atoms with Crippen LogP contribution in [0.25, 0.3) is 0 Å². The van der Waals surface area contributed by atoms with Crippen molar-refractivity contribution in [2.24, 2.45) is 11.8 Å². The van der Waals surface area contributed by atoms with E-state index in [9.17, 15) is 22.4 Å². The maximum Gasteiger partial charge on any atom is 0.392 e. The third-order valence-corrected chi connectivity index (χ3v) is 3.66. The van der Waals surface area contributed by atoms with Crippen LogP contribution in [0.2, 0.25) is 0 Å². The number of halogens is 4. The molecule has 2 rings (SSSR count). The highest BCUT2D eigenvalue weighted by atomic mass is 19.4. The molecular formula is C14H14F4O. The molecule has 0 N–H and O–H groups in total. The van der Waals surface area contributed by atoms with E-state index in [4.69, 9.17) is 0 Å². The van der Waals surface area contributed by atoms with Crippen LogP contribution in [0.5, 0.6) is 0 Å². The first-order valence-electron chi connectivity index (χ1n) is 6.26. The fourth-order valence-electron chi connectivity index (χ4n) is 2.70. The van der Waals surface area contributed by atoms with Gasteiger partial charge in [-0.05, 0) is 25.0 Å². The van der Waals surface area contributed by atoms with Crippen LogP contribution < -0.4 is 0 Å². The largest absolute Gasteiger partial charge is 0.392 e. The molecule has 1 aliphatic carbocycles. The monoisotopic (exact) mass is 274 g/mol. The van der Waals surface area contributed by atoms with Crippen molar-refractivity contribution in [3.05, 3.63) is 35.6 Å². The molecule has 1 saturated carbocycles. The van der Waals surface area contributed by atoms with Crippen molar-refractivity contribution >= 4 is 5.78 Å². The Bertz CT molecular complexity index is 467. The van der Waals surface area contributed by atoms with E-state index in [0.717, 1.165) is 6.07 Å². The Balaban J connectivity index is 2.28. The number of alkyl halides is 3. The molecule has 1 nitrogen and oxygen atoms in total. The van der Waals surface area contributed by atoms with Crippen LogP contribution in [-0.4, -0.2) is 12.0 Å². The number of Topliss-reactive ketones (excluding diaryl/α,β-unsaturated/α-hetero) is 1. The van der Waals surface area contributed by atoms with Crippen molar-refractivity contribution in [2.45, 2.75) is 31.9 Å². The number of ketones is 1. The summed E-state index contributed by atoms with van der Waals surface area (Å²) < 4.78 is 52.3. The van der Waals surface area contributed by atoms with Gasteiger partial charge in [-0.2, -0.15) is 13.2 Å². The third-order valence-electron chi connectivity index (χ3n) is 3.66. The molecule has 19 heavy (non-hydrogen) atoms. The van der Waals surface area contributed by atoms with Crippen molar-refractivity contribution < 1.29 is 22.4 Å². The molecule has 0 spiro atoms. The summed E-state index contributed by atoms with van der Waals surface area (Å²) in [5.41, 5.74) is -0.233. The Labute approximate surface area is 108 Å². The van der Waals surface area contributed by atoms with Gasteiger partial charge in [0.25, 0.3) is 0 Å². The minimum atomic E-state index is -4.40. The molecule has 2 atom stereocenters. The standard InChI is InChI=1S/C14H14F4O/c15-12-8-4-2-6-10(12)13(19)9-5-1-3-7-11(9)14(16,17)18/h2,4,6,8-9,11H,1,3,5,7H2. The Morgan fingerprint density at radius 1 is 1.11 bits per heavy atom. The summed E-state index contributed by atoms with van der Waals surface area (Å²) >= 11 is 0. The summed E-state index contributed by atoms with van der Waals surface area (Å²) in [6.45, 7) is 0. The van der Waals surface area contributed by atoms with Gasteiger partial charge in [0.15, 0.2) is 5.78 Å². The van der Waals surface area contributed by atoms with Crippen LogP contribution in [0.15, 0.2) is 24.3 Å². The number of carbonyl (C=O) groups is 1. The lowest BCUT2D eigenvalue weighted by molar-refractivity contribution is -0.190. The zero-order valence-corrected chi connectivity index (χ0v) is 10.2. The first-order valence-corrected chi connectivity index (χ1v) is 6.26. The topological polar surface area (TPSA) is 17.1 Å². The Morgan fingerprint density at radius 2 is 1.74 bits per heavy atom. The summed E-state index contributed by atoms with van der Waals surface area (Å²) in [5, 5.41) is 0. The molecule has 0 aliphatic heterocycles. The van der Waals surface area contributed by atoms with Crippen molar-refractivity contribution in [3.8, 4) is 0 Å². The van der Waals surface area contributed by atoms with E-state index in [1.54, 1.807) is 0 Å². The summed E-state index contributed by atoms with van der Waals surface area (Å²) in [7, 11) is 0. The van der Waals surface area contributed by atoms with Gasteiger partial charge in [0.1, 0.15) is 5.82 Å². The number of rotatable bonds is 2. The molecular weight excluding hydrogens is 260 g/mol. The molecule has 0 saturated heterocycles. The van der Waals surface area contributed by atoms with E-state index in [0.29, 0.717) is 12.8 Å². The fraction of sp³-hybridized carbons (Fsp3) is 0.500. The summed E-state index contributed by atoms with van der Waals surface area (Å²) in [6, 6.07) is 5.22. The van der Waals surface area contributed by atoms with Crippen molar-refractivity contribution in [1.82, 2.24) is 0 Å². The molecule has 0 aromatic heterocycles. The molecule has 5 heteroatoms. The van der Waals surface area contributed by atoms with Gasteiger partial charge < -0.3 is 0 Å². The van der Waals surface area contributed by atoms with E-state index in [-0.39, 0.29) is 18.4 Å². The van der Waals surface area contributed by atoms with Crippen molar-refractivity contribution in [1.29, 1.82) is 0 Å². The number of carbonyl (C=O) groups excluding carboxylic acids is 1. The fourth-order valence-corrected chi connectivity index (χ4v) is 2.70. The van der Waals surface area contributed by atoms with Crippen molar-refractivity contribution in [3.63, 3.8) is 0 Å². The average Bonchev–Trinajstić information content (AvgIpc) is 2.37. The Hall–Kier alpha value is -1.39. The van der Waals surface area contributed by atoms with E-state index in [1.165, 1.54) is 18.2 Å². The normalized spacial score (nSPS) is 24.2. The molecule has 1 aliphatic rings. The second kappa shape index (κ2) is 5.31. The highest BCUT2D eigenvalue weighted by Crippen LogP contribution is 2.42. The van der Waals surface area contributed by atoms with E-state index in [1.807, 2.05) is 0 Å². The van der Waals surface area contributed by atoms with Crippen LogP contribution >= 0.6 is 0 Å². The lowest BCUT2D eigenvalue weighted by Crippen LogP contribution is -2.37. The average molecular weight is 274 g/mol. The molecule has 1 fully saturated rings. The highest BCUT2D eigenvalue weighted by molar-refractivity contribution is 5.98. The van der Waals surface area contributed by atoms with Gasteiger partial charge in [-0.15, -0.1) is 0 Å². The van der Waals surface area contributed by atoms with Gasteiger partial charge in [-0.3, -0.25) is 4.79 Å². The molecule has 2 unspecified atom stereocenters. The number of hydrogen-bond donors (Lipinski definition) is 0. The maximum absolute atomic E-state index is 13.5. The SMILES string of the molecule is O=C(c1ccccc1F)C1CCCCC1C(F)(F)F. The minimum Gasteiger partial charge on any atom is -0.294 e. The lowest BCUT2D eigenvalue weighted by atomic mass is 9.75. The molecule has 104 valence electrons. The first-order chi connectivity index (χ1) is 8.91. The molecule has 0 heterocycles. The van der Waals surface area contributed by atoms with E-state index >= 15 is 0 Å². The molecule has 0 amide bonds. The second-order valence-corrected chi connectivity index (χ2v) is 4.88. The number of benzene rings is 1. The van der Waals surface area contributed by atoms with Gasteiger partial charge in [0.2, 0.25) is 0 Å². The molecule has 1 aromatic rings. The summed E-state index contributed by atoms with van der Waals surface area (Å²) in [6.07, 6.45) is -3.22. The molecule has 0 bridgehead atoms. The van der Waals surface area contributed by atoms with E-state index in [2.05, 4.69) is 0 Å². The van der Waals surface area contributed by atoms with Gasteiger partial charge in [0.05, 0.1) is 11.5 Å². The Morgan fingerprint density at radius 3 is 2.37 bits per heavy atom. The van der Waals surface area contributed by atoms with Gasteiger partial charge in [-0.25, -0.2) is 4.39 Å². The van der Waals surface area contributed by atoms with Crippen LogP contribution in [0.3, 0.4) is 0 Å². The van der Waals surface area contributed by atoms with Gasteiger partial charge in [0, 0.05) is 5.92 Å². The maximum atomic E-state index is 13.5. The van der Waals surface area contributed by atoms with Crippen molar-refractivity contribution in [2.75, 3.05) is 0 Å². The number of hydrogen-bond acceptors (Lipinski definition) is 1. The third kappa shape index (κ3) is 2.96. The highest BCUT2D eigenvalue weighted by Gasteiger charge is 2.48. The summed E-state index contributed by atoms with van der Waals surface area (Å²) in [4.78, 5) is 12.1. The smallest absolute Gasteiger partial charge is 0.294 e. The van der Waals surface area contributed by atoms with Gasteiger partial charge in [-0.1, -0.05) is 25.0 Å².